The smallest absolute Gasteiger partial charge is 0.313 e. The van der Waals surface area contributed by atoms with Gasteiger partial charge in [0.1, 0.15) is 0 Å². The van der Waals surface area contributed by atoms with E-state index in [2.05, 4.69) is 31.0 Å². The van der Waals surface area contributed by atoms with Gasteiger partial charge >= 0.3 is 6.01 Å². The molecule has 4 rings (SSSR count). The largest absolute Gasteiger partial charge is 0.340 e. The number of amides is 1. The van der Waals surface area contributed by atoms with Crippen molar-refractivity contribution in [1.82, 2.24) is 25.5 Å². The average Bonchev–Trinajstić information content (AvgIpc) is 3.16. The summed E-state index contributed by atoms with van der Waals surface area (Å²) in [4.78, 5) is 25.0. The SMILES string of the molecule is Cc1nc2ccc(Cl)cc2cc1C(=O)NNc1nc(-c2ccncc2)no1. The van der Waals surface area contributed by atoms with Gasteiger partial charge in [-0.3, -0.25) is 20.2 Å². The lowest BCUT2D eigenvalue weighted by Gasteiger charge is -2.08. The molecule has 0 atom stereocenters. The number of nitrogens with one attached hydrogen (secondary N) is 2. The van der Waals surface area contributed by atoms with Crippen molar-refractivity contribution in [3.8, 4) is 11.4 Å². The van der Waals surface area contributed by atoms with Crippen LogP contribution in [0.1, 0.15) is 16.1 Å². The number of carbonyl (C=O) groups is 1. The van der Waals surface area contributed by atoms with Crippen LogP contribution in [-0.4, -0.2) is 26.0 Å². The molecule has 134 valence electrons. The number of pyridine rings is 2. The minimum atomic E-state index is -0.384. The number of nitrogens with zero attached hydrogens (tertiary/aromatic N) is 4. The van der Waals surface area contributed by atoms with Gasteiger partial charge in [-0.15, -0.1) is 0 Å². The van der Waals surface area contributed by atoms with Crippen LogP contribution in [0.2, 0.25) is 5.02 Å². The Bertz CT molecular complexity index is 1130. The average molecular weight is 381 g/mol. The third-order valence-corrected chi connectivity index (χ3v) is 4.09. The Balaban J connectivity index is 1.51. The van der Waals surface area contributed by atoms with Gasteiger partial charge in [-0.1, -0.05) is 16.8 Å². The van der Waals surface area contributed by atoms with Gasteiger partial charge in [0.2, 0.25) is 5.82 Å². The first-order valence-electron chi connectivity index (χ1n) is 7.97. The molecule has 0 aliphatic heterocycles. The van der Waals surface area contributed by atoms with E-state index in [0.29, 0.717) is 22.1 Å². The van der Waals surface area contributed by atoms with Crippen LogP contribution >= 0.6 is 11.6 Å². The van der Waals surface area contributed by atoms with E-state index in [1.54, 1.807) is 49.6 Å². The summed E-state index contributed by atoms with van der Waals surface area (Å²) >= 11 is 6.01. The van der Waals surface area contributed by atoms with Crippen molar-refractivity contribution in [2.24, 2.45) is 0 Å². The molecule has 0 bridgehead atoms. The van der Waals surface area contributed by atoms with Gasteiger partial charge in [0.15, 0.2) is 0 Å². The predicted molar refractivity (Wildman–Crippen MR) is 100 cm³/mol. The summed E-state index contributed by atoms with van der Waals surface area (Å²) in [6.45, 7) is 1.76. The summed E-state index contributed by atoms with van der Waals surface area (Å²) in [5.74, 6) is -0.00196. The van der Waals surface area contributed by atoms with E-state index in [4.69, 9.17) is 16.1 Å². The highest BCUT2D eigenvalue weighted by atomic mass is 35.5. The molecule has 9 heteroatoms. The molecule has 0 saturated carbocycles. The zero-order valence-corrected chi connectivity index (χ0v) is 14.9. The molecule has 0 fully saturated rings. The third kappa shape index (κ3) is 3.56. The summed E-state index contributed by atoms with van der Waals surface area (Å²) in [7, 11) is 0. The molecule has 27 heavy (non-hydrogen) atoms. The maximum atomic E-state index is 12.5. The Morgan fingerprint density at radius 1 is 1.11 bits per heavy atom. The van der Waals surface area contributed by atoms with Crippen LogP contribution in [0.5, 0.6) is 0 Å². The molecule has 0 aliphatic carbocycles. The van der Waals surface area contributed by atoms with E-state index in [-0.39, 0.29) is 11.9 Å². The Labute approximate surface area is 158 Å². The lowest BCUT2D eigenvalue weighted by Crippen LogP contribution is -2.30. The van der Waals surface area contributed by atoms with E-state index < -0.39 is 0 Å². The number of hydrazine groups is 1. The van der Waals surface area contributed by atoms with Crippen molar-refractivity contribution in [3.05, 3.63) is 65.1 Å². The predicted octanol–water partition coefficient (Wildman–Crippen LogP) is 3.40. The molecule has 4 aromatic rings. The fourth-order valence-electron chi connectivity index (χ4n) is 2.54. The van der Waals surface area contributed by atoms with Gasteiger partial charge in [0.05, 0.1) is 16.8 Å². The monoisotopic (exact) mass is 380 g/mol. The van der Waals surface area contributed by atoms with Gasteiger partial charge in [0, 0.05) is 28.4 Å². The number of anilines is 1. The normalized spacial score (nSPS) is 10.7. The maximum Gasteiger partial charge on any atom is 0.340 e. The molecule has 0 aliphatic rings. The second-order valence-electron chi connectivity index (χ2n) is 5.70. The number of halogens is 1. The number of benzene rings is 1. The number of hydrogen-bond acceptors (Lipinski definition) is 7. The van der Waals surface area contributed by atoms with E-state index in [9.17, 15) is 4.79 Å². The maximum absolute atomic E-state index is 12.5. The molecule has 0 saturated heterocycles. The van der Waals surface area contributed by atoms with Crippen molar-refractivity contribution < 1.29 is 9.32 Å². The topological polar surface area (TPSA) is 106 Å². The van der Waals surface area contributed by atoms with E-state index >= 15 is 0 Å². The Morgan fingerprint density at radius 3 is 2.74 bits per heavy atom. The fraction of sp³-hybridized carbons (Fsp3) is 0.0556. The molecule has 3 heterocycles. The zero-order valence-electron chi connectivity index (χ0n) is 14.1. The molecule has 0 spiro atoms. The summed E-state index contributed by atoms with van der Waals surface area (Å²) in [6, 6.07) is 10.6. The van der Waals surface area contributed by atoms with Crippen LogP contribution in [0.25, 0.3) is 22.3 Å². The molecule has 2 N–H and O–H groups in total. The van der Waals surface area contributed by atoms with Crippen LogP contribution in [0.15, 0.2) is 53.3 Å². The van der Waals surface area contributed by atoms with Crippen LogP contribution < -0.4 is 10.9 Å². The lowest BCUT2D eigenvalue weighted by molar-refractivity contribution is 0.0960. The van der Waals surface area contributed by atoms with Crippen LogP contribution in [0.4, 0.5) is 6.01 Å². The Hall–Kier alpha value is -3.52. The summed E-state index contributed by atoms with van der Waals surface area (Å²) in [5, 5.41) is 5.20. The first-order valence-corrected chi connectivity index (χ1v) is 8.35. The van der Waals surface area contributed by atoms with E-state index in [1.165, 1.54) is 0 Å². The van der Waals surface area contributed by atoms with Gasteiger partial charge < -0.3 is 4.52 Å². The van der Waals surface area contributed by atoms with E-state index in [1.807, 2.05) is 6.07 Å². The molecule has 1 amide bonds. The fourth-order valence-corrected chi connectivity index (χ4v) is 2.72. The third-order valence-electron chi connectivity index (χ3n) is 3.86. The van der Waals surface area contributed by atoms with Crippen molar-refractivity contribution in [3.63, 3.8) is 0 Å². The van der Waals surface area contributed by atoms with Crippen LogP contribution in [0.3, 0.4) is 0 Å². The van der Waals surface area contributed by atoms with Crippen LogP contribution in [0, 0.1) is 6.92 Å². The summed E-state index contributed by atoms with van der Waals surface area (Å²) < 4.78 is 5.08. The standard InChI is InChI=1S/C18H13ClN6O2/c1-10-14(9-12-8-13(19)2-3-15(12)21-10)17(26)23-24-18-22-16(25-27-18)11-4-6-20-7-5-11/h2-9H,1H3,(H,23,26)(H,22,24,25). The zero-order chi connectivity index (χ0) is 18.8. The number of hydrogen-bond donors (Lipinski definition) is 2. The van der Waals surface area contributed by atoms with Gasteiger partial charge in [-0.05, 0) is 43.3 Å². The minimum absolute atomic E-state index is 0.0598. The number of carbonyl (C=O) groups excluding carboxylic acids is 1. The van der Waals surface area contributed by atoms with Gasteiger partial charge in [-0.2, -0.15) is 4.98 Å². The molecular formula is C18H13ClN6O2. The Kier molecular flexibility index (Phi) is 4.39. The number of rotatable bonds is 4. The van der Waals surface area contributed by atoms with Crippen LogP contribution in [-0.2, 0) is 0 Å². The second-order valence-corrected chi connectivity index (χ2v) is 6.13. The van der Waals surface area contributed by atoms with Gasteiger partial charge in [-0.25, -0.2) is 5.43 Å². The molecule has 0 unspecified atom stereocenters. The van der Waals surface area contributed by atoms with Crippen molar-refractivity contribution >= 4 is 34.4 Å². The van der Waals surface area contributed by atoms with Crippen molar-refractivity contribution in [1.29, 1.82) is 0 Å². The number of aryl methyl sites for hydroxylation is 1. The second kappa shape index (κ2) is 7.00. The van der Waals surface area contributed by atoms with Crippen molar-refractivity contribution in [2.75, 3.05) is 5.43 Å². The minimum Gasteiger partial charge on any atom is -0.313 e. The number of fused-ring (bicyclic) bond motifs is 1. The molecule has 8 nitrogen and oxygen atoms in total. The van der Waals surface area contributed by atoms with Gasteiger partial charge in [0.25, 0.3) is 5.91 Å². The Morgan fingerprint density at radius 2 is 1.93 bits per heavy atom. The molecule has 0 radical (unpaired) electrons. The molecule has 3 aromatic heterocycles. The highest BCUT2D eigenvalue weighted by molar-refractivity contribution is 6.31. The summed E-state index contributed by atoms with van der Waals surface area (Å²) in [5.41, 5.74) is 7.65. The highest BCUT2D eigenvalue weighted by Gasteiger charge is 2.14. The summed E-state index contributed by atoms with van der Waals surface area (Å²) in [6.07, 6.45) is 3.25. The first kappa shape index (κ1) is 16.9. The highest BCUT2D eigenvalue weighted by Crippen LogP contribution is 2.21. The van der Waals surface area contributed by atoms with E-state index in [0.717, 1.165) is 16.5 Å². The first-order chi connectivity index (χ1) is 13.1. The quantitative estimate of drug-likeness (QED) is 0.522. The lowest BCUT2D eigenvalue weighted by atomic mass is 10.1. The molecule has 1 aromatic carbocycles. The van der Waals surface area contributed by atoms with Crippen molar-refractivity contribution in [2.45, 2.75) is 6.92 Å². The molecular weight excluding hydrogens is 368 g/mol. The number of aromatic nitrogens is 4.